The number of nitrogens with one attached hydrogen (secondary N) is 1. The van der Waals surface area contributed by atoms with E-state index in [1.807, 2.05) is 0 Å². The summed E-state index contributed by atoms with van der Waals surface area (Å²) in [5.41, 5.74) is 0. The van der Waals surface area contributed by atoms with E-state index in [1.54, 1.807) is 6.92 Å². The first kappa shape index (κ1) is 15.8. The van der Waals surface area contributed by atoms with Crippen molar-refractivity contribution in [2.45, 2.75) is 83.0 Å². The first-order chi connectivity index (χ1) is 10.5. The molecule has 3 saturated heterocycles. The molecule has 124 valence electrons. The molecule has 3 rings (SSSR count). The second-order valence-corrected chi connectivity index (χ2v) is 7.31. The molecule has 3 aliphatic rings. The Morgan fingerprint density at radius 2 is 1.91 bits per heavy atom. The number of nitrogens with zero attached hydrogens (tertiary/aromatic N) is 1. The van der Waals surface area contributed by atoms with Crippen molar-refractivity contribution in [3.63, 3.8) is 0 Å². The minimum absolute atomic E-state index is 0.0430. The van der Waals surface area contributed by atoms with Gasteiger partial charge in [0.1, 0.15) is 6.10 Å². The monoisotopic (exact) mass is 308 g/mol. The smallest absolute Gasteiger partial charge is 0.252 e. The molecule has 3 aliphatic heterocycles. The minimum Gasteiger partial charge on any atom is -0.368 e. The van der Waals surface area contributed by atoms with E-state index in [-0.39, 0.29) is 24.0 Å². The van der Waals surface area contributed by atoms with Crippen LogP contribution in [0.1, 0.15) is 58.8 Å². The Morgan fingerprint density at radius 1 is 1.23 bits per heavy atom. The molecule has 3 fully saturated rings. The maximum absolute atomic E-state index is 12.7. The Bertz CT molecular complexity index is 420. The third-order valence-corrected chi connectivity index (χ3v) is 5.43. The zero-order valence-electron chi connectivity index (χ0n) is 13.7. The highest BCUT2D eigenvalue weighted by Gasteiger charge is 2.45. The van der Waals surface area contributed by atoms with E-state index in [1.165, 1.54) is 0 Å². The van der Waals surface area contributed by atoms with Gasteiger partial charge in [0, 0.05) is 31.7 Å². The SMILES string of the molecule is CC(=O)NC(C)CC1CC2CCC(C1)N2C(=O)C1CCCO1. The highest BCUT2D eigenvalue weighted by Crippen LogP contribution is 2.41. The van der Waals surface area contributed by atoms with Crippen LogP contribution in [-0.4, -0.2) is 47.6 Å². The van der Waals surface area contributed by atoms with Gasteiger partial charge in [-0.15, -0.1) is 0 Å². The lowest BCUT2D eigenvalue weighted by Crippen LogP contribution is -2.50. The molecule has 2 amide bonds. The lowest BCUT2D eigenvalue weighted by atomic mass is 9.85. The van der Waals surface area contributed by atoms with E-state index in [4.69, 9.17) is 4.74 Å². The van der Waals surface area contributed by atoms with Crippen LogP contribution >= 0.6 is 0 Å². The van der Waals surface area contributed by atoms with Crippen LogP contribution in [0.4, 0.5) is 0 Å². The number of fused-ring (bicyclic) bond motifs is 2. The minimum atomic E-state index is -0.182. The second-order valence-electron chi connectivity index (χ2n) is 7.31. The predicted octanol–water partition coefficient (Wildman–Crippen LogP) is 1.85. The molecule has 0 spiro atoms. The number of amides is 2. The van der Waals surface area contributed by atoms with Gasteiger partial charge in [0.05, 0.1) is 0 Å². The Kier molecular flexibility index (Phi) is 4.71. The van der Waals surface area contributed by atoms with Crippen molar-refractivity contribution < 1.29 is 14.3 Å². The largest absolute Gasteiger partial charge is 0.368 e. The Labute approximate surface area is 132 Å². The molecular weight excluding hydrogens is 280 g/mol. The van der Waals surface area contributed by atoms with Crippen molar-refractivity contribution in [3.05, 3.63) is 0 Å². The summed E-state index contributed by atoms with van der Waals surface area (Å²) >= 11 is 0. The van der Waals surface area contributed by atoms with E-state index in [9.17, 15) is 9.59 Å². The highest BCUT2D eigenvalue weighted by atomic mass is 16.5. The normalized spacial score (nSPS) is 35.5. The lowest BCUT2D eigenvalue weighted by molar-refractivity contribution is -0.146. The van der Waals surface area contributed by atoms with Gasteiger partial charge in [-0.25, -0.2) is 0 Å². The van der Waals surface area contributed by atoms with E-state index in [2.05, 4.69) is 17.1 Å². The zero-order chi connectivity index (χ0) is 15.7. The van der Waals surface area contributed by atoms with Crippen molar-refractivity contribution in [1.29, 1.82) is 0 Å². The molecule has 0 radical (unpaired) electrons. The number of rotatable bonds is 4. The summed E-state index contributed by atoms with van der Waals surface area (Å²) < 4.78 is 5.59. The Hall–Kier alpha value is -1.10. The van der Waals surface area contributed by atoms with Gasteiger partial charge in [0.15, 0.2) is 0 Å². The number of hydrogen-bond donors (Lipinski definition) is 1. The van der Waals surface area contributed by atoms with Crippen LogP contribution < -0.4 is 5.32 Å². The van der Waals surface area contributed by atoms with Crippen LogP contribution in [-0.2, 0) is 14.3 Å². The molecule has 4 atom stereocenters. The molecule has 4 unspecified atom stereocenters. The molecule has 1 N–H and O–H groups in total. The summed E-state index contributed by atoms with van der Waals surface area (Å²) in [6.45, 7) is 4.38. The van der Waals surface area contributed by atoms with Gasteiger partial charge in [0.25, 0.3) is 5.91 Å². The van der Waals surface area contributed by atoms with E-state index in [0.29, 0.717) is 18.0 Å². The van der Waals surface area contributed by atoms with Gasteiger partial charge >= 0.3 is 0 Å². The molecule has 3 heterocycles. The molecule has 0 saturated carbocycles. The molecule has 2 bridgehead atoms. The van der Waals surface area contributed by atoms with Gasteiger partial charge < -0.3 is 15.0 Å². The second kappa shape index (κ2) is 6.57. The van der Waals surface area contributed by atoms with Crippen LogP contribution in [0.15, 0.2) is 0 Å². The Balaban J connectivity index is 1.57. The fraction of sp³-hybridized carbons (Fsp3) is 0.882. The molecule has 5 heteroatoms. The molecular formula is C17H28N2O3. The van der Waals surface area contributed by atoms with Crippen molar-refractivity contribution >= 4 is 11.8 Å². The quantitative estimate of drug-likeness (QED) is 0.862. The summed E-state index contributed by atoms with van der Waals surface area (Å²) in [7, 11) is 0. The number of ether oxygens (including phenoxy) is 1. The third-order valence-electron chi connectivity index (χ3n) is 5.43. The maximum Gasteiger partial charge on any atom is 0.252 e. The van der Waals surface area contributed by atoms with Crippen molar-refractivity contribution in [1.82, 2.24) is 10.2 Å². The van der Waals surface area contributed by atoms with Crippen molar-refractivity contribution in [2.24, 2.45) is 5.92 Å². The van der Waals surface area contributed by atoms with Crippen LogP contribution in [0.5, 0.6) is 0 Å². The standard InChI is InChI=1S/C17H28N2O3/c1-11(18-12(2)20)8-13-9-14-5-6-15(10-13)19(14)17(21)16-4-3-7-22-16/h11,13-16H,3-10H2,1-2H3,(H,18,20). The number of piperidine rings is 1. The first-order valence-corrected chi connectivity index (χ1v) is 8.75. The van der Waals surface area contributed by atoms with Gasteiger partial charge in [0.2, 0.25) is 5.91 Å². The van der Waals surface area contributed by atoms with Crippen LogP contribution in [0.3, 0.4) is 0 Å². The van der Waals surface area contributed by atoms with Crippen molar-refractivity contribution in [2.75, 3.05) is 6.61 Å². The number of carbonyl (C=O) groups excluding carboxylic acids is 2. The van der Waals surface area contributed by atoms with Gasteiger partial charge in [-0.3, -0.25) is 9.59 Å². The van der Waals surface area contributed by atoms with Crippen LogP contribution in [0, 0.1) is 5.92 Å². The Morgan fingerprint density at radius 3 is 2.45 bits per heavy atom. The van der Waals surface area contributed by atoms with Gasteiger partial charge in [-0.1, -0.05) is 0 Å². The van der Waals surface area contributed by atoms with Crippen LogP contribution in [0.25, 0.3) is 0 Å². The molecule has 5 nitrogen and oxygen atoms in total. The maximum atomic E-state index is 12.7. The van der Waals surface area contributed by atoms with E-state index < -0.39 is 0 Å². The summed E-state index contributed by atoms with van der Waals surface area (Å²) in [6, 6.07) is 1.01. The topological polar surface area (TPSA) is 58.6 Å². The number of hydrogen-bond acceptors (Lipinski definition) is 3. The third kappa shape index (κ3) is 3.29. The summed E-state index contributed by atoms with van der Waals surface area (Å²) in [5, 5.41) is 2.98. The van der Waals surface area contributed by atoms with Crippen molar-refractivity contribution in [3.8, 4) is 0 Å². The molecule has 0 aromatic carbocycles. The van der Waals surface area contributed by atoms with Gasteiger partial charge in [-0.2, -0.15) is 0 Å². The highest BCUT2D eigenvalue weighted by molar-refractivity contribution is 5.82. The summed E-state index contributed by atoms with van der Waals surface area (Å²) in [6.07, 6.45) is 7.17. The molecule has 0 aromatic rings. The van der Waals surface area contributed by atoms with E-state index in [0.717, 1.165) is 51.6 Å². The molecule has 0 aliphatic carbocycles. The summed E-state index contributed by atoms with van der Waals surface area (Å²) in [4.78, 5) is 26.0. The molecule has 22 heavy (non-hydrogen) atoms. The van der Waals surface area contributed by atoms with Crippen LogP contribution in [0.2, 0.25) is 0 Å². The lowest BCUT2D eigenvalue weighted by Gasteiger charge is -2.40. The van der Waals surface area contributed by atoms with Gasteiger partial charge in [-0.05, 0) is 57.8 Å². The average molecular weight is 308 g/mol. The average Bonchev–Trinajstić information content (AvgIpc) is 3.04. The zero-order valence-corrected chi connectivity index (χ0v) is 13.7. The van der Waals surface area contributed by atoms with E-state index >= 15 is 0 Å². The predicted molar refractivity (Wildman–Crippen MR) is 83.2 cm³/mol. The number of carbonyl (C=O) groups is 2. The molecule has 0 aromatic heterocycles. The fourth-order valence-corrected chi connectivity index (χ4v) is 4.69. The fourth-order valence-electron chi connectivity index (χ4n) is 4.69. The summed E-state index contributed by atoms with van der Waals surface area (Å²) in [5.74, 6) is 0.896. The first-order valence-electron chi connectivity index (χ1n) is 8.75.